The number of hydrogen-bond donors (Lipinski definition) is 2. The molecule has 1 heterocycles. The number of aliphatic hydroxyl groups excluding tert-OH is 1. The topological polar surface area (TPSA) is 59.1 Å². The van der Waals surface area contributed by atoms with Crippen LogP contribution in [-0.2, 0) is 6.42 Å². The number of pyridine rings is 1. The third-order valence-corrected chi connectivity index (χ3v) is 3.89. The SMILES string of the molecule is CC1CCCC(C(O)Cc2cnccc2N)C1. The average molecular weight is 234 g/mol. The van der Waals surface area contributed by atoms with Crippen LogP contribution >= 0.6 is 0 Å². The summed E-state index contributed by atoms with van der Waals surface area (Å²) in [7, 11) is 0. The first kappa shape index (κ1) is 12.4. The van der Waals surface area contributed by atoms with Crippen LogP contribution in [0.4, 0.5) is 5.69 Å². The Hall–Kier alpha value is -1.09. The Kier molecular flexibility index (Phi) is 4.00. The first-order valence-corrected chi connectivity index (χ1v) is 6.53. The van der Waals surface area contributed by atoms with Gasteiger partial charge in [0.15, 0.2) is 0 Å². The molecule has 1 aromatic heterocycles. The summed E-state index contributed by atoms with van der Waals surface area (Å²) in [6.07, 6.45) is 8.65. The van der Waals surface area contributed by atoms with E-state index in [0.29, 0.717) is 12.3 Å². The van der Waals surface area contributed by atoms with Gasteiger partial charge in [0.25, 0.3) is 0 Å². The van der Waals surface area contributed by atoms with Crippen LogP contribution in [0.2, 0.25) is 0 Å². The number of hydrogen-bond acceptors (Lipinski definition) is 3. The molecular weight excluding hydrogens is 212 g/mol. The molecule has 1 saturated carbocycles. The molecule has 1 aliphatic carbocycles. The van der Waals surface area contributed by atoms with Crippen LogP contribution in [0, 0.1) is 11.8 Å². The Balaban J connectivity index is 1.96. The number of aromatic nitrogens is 1. The maximum absolute atomic E-state index is 10.3. The molecule has 1 aliphatic rings. The van der Waals surface area contributed by atoms with E-state index in [1.54, 1.807) is 18.5 Å². The summed E-state index contributed by atoms with van der Waals surface area (Å²) in [5.41, 5.74) is 7.58. The zero-order valence-electron chi connectivity index (χ0n) is 10.5. The average Bonchev–Trinajstić information content (AvgIpc) is 2.32. The van der Waals surface area contributed by atoms with Gasteiger partial charge in [-0.15, -0.1) is 0 Å². The van der Waals surface area contributed by atoms with Crippen molar-refractivity contribution in [1.82, 2.24) is 4.98 Å². The summed E-state index contributed by atoms with van der Waals surface area (Å²) < 4.78 is 0. The van der Waals surface area contributed by atoms with Crippen LogP contribution in [0.15, 0.2) is 18.5 Å². The first-order valence-electron chi connectivity index (χ1n) is 6.53. The predicted octanol–water partition coefficient (Wildman–Crippen LogP) is 2.39. The molecule has 0 saturated heterocycles. The van der Waals surface area contributed by atoms with Crippen molar-refractivity contribution in [1.29, 1.82) is 0 Å². The molecule has 0 radical (unpaired) electrons. The largest absolute Gasteiger partial charge is 0.398 e. The Morgan fingerprint density at radius 1 is 1.53 bits per heavy atom. The van der Waals surface area contributed by atoms with Crippen LogP contribution in [0.5, 0.6) is 0 Å². The smallest absolute Gasteiger partial charge is 0.0610 e. The molecule has 0 spiro atoms. The molecule has 1 fully saturated rings. The number of nitrogens with two attached hydrogens (primary N) is 1. The van der Waals surface area contributed by atoms with Gasteiger partial charge in [-0.3, -0.25) is 4.98 Å². The molecule has 1 aromatic rings. The predicted molar refractivity (Wildman–Crippen MR) is 69.5 cm³/mol. The molecule has 17 heavy (non-hydrogen) atoms. The lowest BCUT2D eigenvalue weighted by atomic mass is 9.78. The van der Waals surface area contributed by atoms with Gasteiger partial charge in [-0.05, 0) is 36.3 Å². The summed E-state index contributed by atoms with van der Waals surface area (Å²) in [6.45, 7) is 2.28. The maximum atomic E-state index is 10.3. The fourth-order valence-corrected chi connectivity index (χ4v) is 2.83. The van der Waals surface area contributed by atoms with Crippen LogP contribution in [0.3, 0.4) is 0 Å². The molecule has 2 rings (SSSR count). The van der Waals surface area contributed by atoms with E-state index >= 15 is 0 Å². The highest BCUT2D eigenvalue weighted by Gasteiger charge is 2.25. The summed E-state index contributed by atoms with van der Waals surface area (Å²) in [5, 5.41) is 10.3. The van der Waals surface area contributed by atoms with Crippen molar-refractivity contribution in [3.63, 3.8) is 0 Å². The van der Waals surface area contributed by atoms with E-state index in [4.69, 9.17) is 5.73 Å². The van der Waals surface area contributed by atoms with Crippen molar-refractivity contribution in [3.05, 3.63) is 24.0 Å². The molecule has 94 valence electrons. The standard InChI is InChI=1S/C14H22N2O/c1-10-3-2-4-11(7-10)14(17)8-12-9-16-6-5-13(12)15/h5-6,9-11,14,17H,2-4,7-8H2,1H3,(H2,15,16). The van der Waals surface area contributed by atoms with E-state index in [1.807, 2.05) is 0 Å². The monoisotopic (exact) mass is 234 g/mol. The van der Waals surface area contributed by atoms with Gasteiger partial charge < -0.3 is 10.8 Å². The highest BCUT2D eigenvalue weighted by atomic mass is 16.3. The second kappa shape index (κ2) is 5.50. The second-order valence-corrected chi connectivity index (χ2v) is 5.38. The molecule has 0 amide bonds. The number of aliphatic hydroxyl groups is 1. The summed E-state index contributed by atoms with van der Waals surface area (Å²) in [4.78, 5) is 4.07. The lowest BCUT2D eigenvalue weighted by Gasteiger charge is -2.30. The van der Waals surface area contributed by atoms with Gasteiger partial charge >= 0.3 is 0 Å². The Bertz CT molecular complexity index is 367. The van der Waals surface area contributed by atoms with E-state index in [2.05, 4.69) is 11.9 Å². The minimum Gasteiger partial charge on any atom is -0.398 e. The van der Waals surface area contributed by atoms with Crippen molar-refractivity contribution in [3.8, 4) is 0 Å². The van der Waals surface area contributed by atoms with Crippen molar-refractivity contribution in [2.24, 2.45) is 11.8 Å². The Morgan fingerprint density at radius 3 is 3.06 bits per heavy atom. The van der Waals surface area contributed by atoms with Gasteiger partial charge in [0.1, 0.15) is 0 Å². The Labute approximate surface area is 103 Å². The molecule has 3 heteroatoms. The number of nitrogens with zero attached hydrogens (tertiary/aromatic N) is 1. The summed E-state index contributed by atoms with van der Waals surface area (Å²) in [5.74, 6) is 1.17. The number of rotatable bonds is 3. The zero-order chi connectivity index (χ0) is 12.3. The van der Waals surface area contributed by atoms with E-state index in [9.17, 15) is 5.11 Å². The fraction of sp³-hybridized carbons (Fsp3) is 0.643. The third kappa shape index (κ3) is 3.19. The van der Waals surface area contributed by atoms with Gasteiger partial charge in [-0.25, -0.2) is 0 Å². The van der Waals surface area contributed by atoms with Crippen LogP contribution < -0.4 is 5.73 Å². The van der Waals surface area contributed by atoms with Crippen molar-refractivity contribution in [2.45, 2.75) is 45.1 Å². The summed E-state index contributed by atoms with van der Waals surface area (Å²) >= 11 is 0. The van der Waals surface area contributed by atoms with Gasteiger partial charge in [0.05, 0.1) is 6.10 Å². The molecule has 0 aliphatic heterocycles. The Morgan fingerprint density at radius 2 is 2.35 bits per heavy atom. The van der Waals surface area contributed by atoms with Crippen molar-refractivity contribution in [2.75, 3.05) is 5.73 Å². The van der Waals surface area contributed by atoms with Gasteiger partial charge in [0.2, 0.25) is 0 Å². The highest BCUT2D eigenvalue weighted by Crippen LogP contribution is 2.32. The minimum absolute atomic E-state index is 0.274. The van der Waals surface area contributed by atoms with Crippen LogP contribution in [0.25, 0.3) is 0 Å². The maximum Gasteiger partial charge on any atom is 0.0610 e. The zero-order valence-corrected chi connectivity index (χ0v) is 10.5. The van der Waals surface area contributed by atoms with Crippen LogP contribution in [-0.4, -0.2) is 16.2 Å². The normalized spacial score (nSPS) is 26.7. The van der Waals surface area contributed by atoms with Crippen LogP contribution in [0.1, 0.15) is 38.2 Å². The molecule has 0 bridgehead atoms. The molecule has 0 aromatic carbocycles. The van der Waals surface area contributed by atoms with E-state index < -0.39 is 0 Å². The highest BCUT2D eigenvalue weighted by molar-refractivity contribution is 5.44. The summed E-state index contributed by atoms with van der Waals surface area (Å²) in [6, 6.07) is 1.80. The second-order valence-electron chi connectivity index (χ2n) is 5.38. The molecular formula is C14H22N2O. The quantitative estimate of drug-likeness (QED) is 0.844. The molecule has 3 nitrogen and oxygen atoms in total. The van der Waals surface area contributed by atoms with Gasteiger partial charge in [-0.2, -0.15) is 0 Å². The van der Waals surface area contributed by atoms with E-state index in [-0.39, 0.29) is 6.10 Å². The minimum atomic E-state index is -0.274. The first-order chi connectivity index (χ1) is 8.16. The van der Waals surface area contributed by atoms with Crippen molar-refractivity contribution >= 4 is 5.69 Å². The molecule has 3 N–H and O–H groups in total. The molecule has 3 atom stereocenters. The van der Waals surface area contributed by atoms with Gasteiger partial charge in [-0.1, -0.05) is 19.8 Å². The number of anilines is 1. The fourth-order valence-electron chi connectivity index (χ4n) is 2.83. The number of nitrogen functional groups attached to an aromatic ring is 1. The lowest BCUT2D eigenvalue weighted by Crippen LogP contribution is -2.28. The van der Waals surface area contributed by atoms with E-state index in [0.717, 1.165) is 30.0 Å². The van der Waals surface area contributed by atoms with E-state index in [1.165, 1.54) is 12.8 Å². The van der Waals surface area contributed by atoms with Gasteiger partial charge in [0, 0.05) is 24.5 Å². The molecule has 3 unspecified atom stereocenters. The lowest BCUT2D eigenvalue weighted by molar-refractivity contribution is 0.0721. The third-order valence-electron chi connectivity index (χ3n) is 3.89. The van der Waals surface area contributed by atoms with Crippen molar-refractivity contribution < 1.29 is 5.11 Å².